The predicted octanol–water partition coefficient (Wildman–Crippen LogP) is 3.44. The number of carbonyl (C=O) groups is 3. The Bertz CT molecular complexity index is 730. The summed E-state index contributed by atoms with van der Waals surface area (Å²) < 4.78 is 11.5. The monoisotopic (exact) mass is 468 g/mol. The van der Waals surface area contributed by atoms with Gasteiger partial charge in [-0.05, 0) is 58.2 Å². The van der Waals surface area contributed by atoms with Crippen molar-refractivity contribution in [3.63, 3.8) is 0 Å². The molecule has 0 saturated carbocycles. The Labute approximate surface area is 180 Å². The molecule has 160 valence electrons. The molecule has 0 spiro atoms. The molecule has 1 saturated heterocycles. The molecular weight excluding hydrogens is 440 g/mol. The highest BCUT2D eigenvalue weighted by Crippen LogP contribution is 2.21. The third-order valence-electron chi connectivity index (χ3n) is 4.42. The molecule has 0 bridgehead atoms. The minimum Gasteiger partial charge on any atom is -0.464 e. The highest BCUT2D eigenvalue weighted by Gasteiger charge is 2.38. The van der Waals surface area contributed by atoms with Crippen LogP contribution in [-0.4, -0.2) is 53.7 Å². The summed E-state index contributed by atoms with van der Waals surface area (Å²) in [5.74, 6) is -0.867. The maximum atomic E-state index is 12.9. The SMILES string of the molecule is CCOC(=O)C(Cc1ccc(Br)cc1)NC(=O)C1CCCN1C(=O)OC(C)(C)C. The molecule has 2 amide bonds. The molecule has 1 aliphatic rings. The number of halogens is 1. The lowest BCUT2D eigenvalue weighted by molar-refractivity contribution is -0.147. The number of rotatable bonds is 6. The lowest BCUT2D eigenvalue weighted by Crippen LogP contribution is -2.52. The van der Waals surface area contributed by atoms with E-state index in [0.717, 1.165) is 10.0 Å². The molecule has 2 rings (SSSR count). The summed E-state index contributed by atoms with van der Waals surface area (Å²) in [4.78, 5) is 39.2. The van der Waals surface area contributed by atoms with Crippen LogP contribution in [0.15, 0.2) is 28.7 Å². The van der Waals surface area contributed by atoms with Crippen molar-refractivity contribution in [2.45, 2.75) is 64.6 Å². The Hall–Kier alpha value is -2.09. The summed E-state index contributed by atoms with van der Waals surface area (Å²) in [5.41, 5.74) is 0.248. The van der Waals surface area contributed by atoms with Crippen molar-refractivity contribution in [1.82, 2.24) is 10.2 Å². The van der Waals surface area contributed by atoms with E-state index < -0.39 is 29.7 Å². The van der Waals surface area contributed by atoms with Crippen molar-refractivity contribution < 1.29 is 23.9 Å². The molecule has 2 atom stereocenters. The van der Waals surface area contributed by atoms with E-state index >= 15 is 0 Å². The Morgan fingerprint density at radius 1 is 1.24 bits per heavy atom. The number of nitrogens with one attached hydrogen (secondary N) is 1. The van der Waals surface area contributed by atoms with E-state index in [1.54, 1.807) is 27.7 Å². The molecule has 1 aliphatic heterocycles. The molecule has 1 aromatic rings. The van der Waals surface area contributed by atoms with Crippen molar-refractivity contribution in [2.75, 3.05) is 13.2 Å². The Kier molecular flexibility index (Phi) is 8.07. The zero-order valence-electron chi connectivity index (χ0n) is 17.4. The molecule has 29 heavy (non-hydrogen) atoms. The maximum absolute atomic E-state index is 12.9. The van der Waals surface area contributed by atoms with Crippen LogP contribution in [0.1, 0.15) is 46.1 Å². The van der Waals surface area contributed by atoms with Gasteiger partial charge in [-0.3, -0.25) is 9.69 Å². The van der Waals surface area contributed by atoms with Crippen molar-refractivity contribution in [1.29, 1.82) is 0 Å². The van der Waals surface area contributed by atoms with Crippen LogP contribution in [0.4, 0.5) is 4.79 Å². The van der Waals surface area contributed by atoms with Crippen LogP contribution in [0.3, 0.4) is 0 Å². The van der Waals surface area contributed by atoms with Gasteiger partial charge in [0.15, 0.2) is 0 Å². The van der Waals surface area contributed by atoms with E-state index in [-0.39, 0.29) is 12.5 Å². The quantitative estimate of drug-likeness (QED) is 0.646. The number of carbonyl (C=O) groups excluding carboxylic acids is 3. The van der Waals surface area contributed by atoms with Gasteiger partial charge in [-0.25, -0.2) is 9.59 Å². The summed E-state index contributed by atoms with van der Waals surface area (Å²) in [5, 5.41) is 2.78. The van der Waals surface area contributed by atoms with Gasteiger partial charge in [-0.15, -0.1) is 0 Å². The first-order valence-corrected chi connectivity index (χ1v) is 10.6. The van der Waals surface area contributed by atoms with Gasteiger partial charge in [0.1, 0.15) is 17.7 Å². The van der Waals surface area contributed by atoms with Crippen molar-refractivity contribution in [3.05, 3.63) is 34.3 Å². The van der Waals surface area contributed by atoms with Crippen molar-refractivity contribution in [3.8, 4) is 0 Å². The zero-order chi connectivity index (χ0) is 21.6. The fourth-order valence-corrected chi connectivity index (χ4v) is 3.40. The minimum atomic E-state index is -0.829. The molecule has 0 aliphatic carbocycles. The van der Waals surface area contributed by atoms with E-state index in [9.17, 15) is 14.4 Å². The topological polar surface area (TPSA) is 84.9 Å². The molecule has 7 nitrogen and oxygen atoms in total. The molecule has 1 N–H and O–H groups in total. The normalized spacial score (nSPS) is 17.6. The van der Waals surface area contributed by atoms with Gasteiger partial charge in [-0.1, -0.05) is 28.1 Å². The van der Waals surface area contributed by atoms with Crippen LogP contribution in [0.5, 0.6) is 0 Å². The summed E-state index contributed by atoms with van der Waals surface area (Å²) >= 11 is 3.38. The van der Waals surface area contributed by atoms with Crippen LogP contribution in [-0.2, 0) is 25.5 Å². The van der Waals surface area contributed by atoms with Gasteiger partial charge in [0.25, 0.3) is 0 Å². The Morgan fingerprint density at radius 3 is 2.48 bits per heavy atom. The van der Waals surface area contributed by atoms with Crippen LogP contribution < -0.4 is 5.32 Å². The molecule has 2 unspecified atom stereocenters. The van der Waals surface area contributed by atoms with Gasteiger partial charge < -0.3 is 14.8 Å². The number of benzene rings is 1. The van der Waals surface area contributed by atoms with Crippen LogP contribution in [0.2, 0.25) is 0 Å². The molecular formula is C21H29BrN2O5. The van der Waals surface area contributed by atoms with Gasteiger partial charge in [0.05, 0.1) is 6.61 Å². The van der Waals surface area contributed by atoms with Gasteiger partial charge in [0, 0.05) is 17.4 Å². The fraction of sp³-hybridized carbons (Fsp3) is 0.571. The smallest absolute Gasteiger partial charge is 0.410 e. The molecule has 1 heterocycles. The number of esters is 1. The van der Waals surface area contributed by atoms with Crippen LogP contribution in [0.25, 0.3) is 0 Å². The number of likely N-dealkylation sites (tertiary alicyclic amines) is 1. The van der Waals surface area contributed by atoms with Gasteiger partial charge >= 0.3 is 12.1 Å². The summed E-state index contributed by atoms with van der Waals surface area (Å²) in [7, 11) is 0. The third-order valence-corrected chi connectivity index (χ3v) is 4.95. The summed E-state index contributed by atoms with van der Waals surface area (Å²) in [6, 6.07) is 6.02. The lowest BCUT2D eigenvalue weighted by Gasteiger charge is -2.29. The molecule has 0 radical (unpaired) electrons. The van der Waals surface area contributed by atoms with Gasteiger partial charge in [-0.2, -0.15) is 0 Å². The molecule has 1 aromatic carbocycles. The fourth-order valence-electron chi connectivity index (χ4n) is 3.14. The van der Waals surface area contributed by atoms with E-state index in [1.807, 2.05) is 24.3 Å². The highest BCUT2D eigenvalue weighted by atomic mass is 79.9. The second kappa shape index (κ2) is 10.1. The second-order valence-corrected chi connectivity index (χ2v) is 8.89. The maximum Gasteiger partial charge on any atom is 0.410 e. The standard InChI is InChI=1S/C21H29BrN2O5/c1-5-28-19(26)16(13-14-8-10-15(22)11-9-14)23-18(25)17-7-6-12-24(17)20(27)29-21(2,3)4/h8-11,16-17H,5-7,12-13H2,1-4H3,(H,23,25). The van der Waals surface area contributed by atoms with Crippen LogP contribution in [0, 0.1) is 0 Å². The average Bonchev–Trinajstić information content (AvgIpc) is 3.12. The van der Waals surface area contributed by atoms with Gasteiger partial charge in [0.2, 0.25) is 5.91 Å². The highest BCUT2D eigenvalue weighted by molar-refractivity contribution is 9.10. The van der Waals surface area contributed by atoms with Crippen molar-refractivity contribution >= 4 is 33.9 Å². The number of amides is 2. The van der Waals surface area contributed by atoms with E-state index in [1.165, 1.54) is 4.90 Å². The summed E-state index contributed by atoms with van der Waals surface area (Å²) in [6.45, 7) is 7.74. The predicted molar refractivity (Wildman–Crippen MR) is 112 cm³/mol. The van der Waals surface area contributed by atoms with E-state index in [2.05, 4.69) is 21.2 Å². The molecule has 0 aromatic heterocycles. The number of ether oxygens (including phenoxy) is 2. The Balaban J connectivity index is 2.10. The van der Waals surface area contributed by atoms with E-state index in [0.29, 0.717) is 25.8 Å². The first-order chi connectivity index (χ1) is 13.6. The summed E-state index contributed by atoms with van der Waals surface area (Å²) in [6.07, 6.45) is 1.01. The first-order valence-electron chi connectivity index (χ1n) is 9.81. The number of hydrogen-bond acceptors (Lipinski definition) is 5. The largest absolute Gasteiger partial charge is 0.464 e. The Morgan fingerprint density at radius 2 is 1.90 bits per heavy atom. The average molecular weight is 469 g/mol. The zero-order valence-corrected chi connectivity index (χ0v) is 19.0. The third kappa shape index (κ3) is 7.03. The minimum absolute atomic E-state index is 0.221. The van der Waals surface area contributed by atoms with Crippen LogP contribution >= 0.6 is 15.9 Å². The van der Waals surface area contributed by atoms with E-state index in [4.69, 9.17) is 9.47 Å². The van der Waals surface area contributed by atoms with Crippen molar-refractivity contribution in [2.24, 2.45) is 0 Å². The molecule has 8 heteroatoms. The number of nitrogens with zero attached hydrogens (tertiary/aromatic N) is 1. The number of hydrogen-bond donors (Lipinski definition) is 1. The first kappa shape index (κ1) is 23.2. The molecule has 1 fully saturated rings. The lowest BCUT2D eigenvalue weighted by atomic mass is 10.1. The second-order valence-electron chi connectivity index (χ2n) is 7.98.